The van der Waals surface area contributed by atoms with Gasteiger partial charge in [-0.1, -0.05) is 28.9 Å². The van der Waals surface area contributed by atoms with Gasteiger partial charge in [-0.2, -0.15) is 0 Å². The van der Waals surface area contributed by atoms with Crippen LogP contribution in [0, 0.1) is 0 Å². The molecule has 7 nitrogen and oxygen atoms in total. The van der Waals surface area contributed by atoms with Crippen molar-refractivity contribution in [1.82, 2.24) is 20.6 Å². The summed E-state index contributed by atoms with van der Waals surface area (Å²) in [6.07, 6.45) is 2.99. The van der Waals surface area contributed by atoms with Crippen molar-refractivity contribution in [1.29, 1.82) is 0 Å². The molecular weight excluding hydrogens is 456 g/mol. The topological polar surface area (TPSA) is 99.0 Å². The van der Waals surface area contributed by atoms with Crippen molar-refractivity contribution >= 4 is 60.8 Å². The standard InChI is InChI=1S/C24H27ClN4O3Si/c1-24(2,3)32-23(31)28-12-21(17-10-26-19-6-4-13(25)8-15(17)19)29-22(30)18-11-27-20-7-5-14(33)9-16(18)20/h4-11,21,26-27H,12H2,1-3,33H3,(H,28,31)(H,29,30). The van der Waals surface area contributed by atoms with Crippen molar-refractivity contribution in [2.75, 3.05) is 6.54 Å². The molecule has 33 heavy (non-hydrogen) atoms. The molecular formula is C24H27ClN4O3Si. The Labute approximate surface area is 199 Å². The number of aromatic nitrogens is 2. The molecule has 4 rings (SSSR count). The van der Waals surface area contributed by atoms with Gasteiger partial charge >= 0.3 is 6.09 Å². The number of aromatic amines is 2. The van der Waals surface area contributed by atoms with Gasteiger partial charge in [0.2, 0.25) is 0 Å². The Balaban J connectivity index is 1.64. The molecule has 4 aromatic rings. The van der Waals surface area contributed by atoms with E-state index >= 15 is 0 Å². The third kappa shape index (κ3) is 5.23. The van der Waals surface area contributed by atoms with Crippen LogP contribution in [0.1, 0.15) is 42.7 Å². The highest BCUT2D eigenvalue weighted by molar-refractivity contribution is 6.33. The third-order valence-corrected chi connectivity index (χ3v) is 6.14. The number of hydrogen-bond acceptors (Lipinski definition) is 3. The van der Waals surface area contributed by atoms with Gasteiger partial charge < -0.3 is 25.3 Å². The van der Waals surface area contributed by atoms with Gasteiger partial charge in [0.15, 0.2) is 0 Å². The number of carbonyl (C=O) groups is 2. The van der Waals surface area contributed by atoms with Crippen LogP contribution in [0.3, 0.4) is 0 Å². The van der Waals surface area contributed by atoms with Crippen molar-refractivity contribution in [2.45, 2.75) is 32.4 Å². The number of nitrogens with one attached hydrogen (secondary N) is 4. The van der Waals surface area contributed by atoms with Crippen molar-refractivity contribution in [3.63, 3.8) is 0 Å². The molecule has 0 aliphatic carbocycles. The van der Waals surface area contributed by atoms with Crippen LogP contribution in [-0.2, 0) is 4.74 Å². The molecule has 0 saturated heterocycles. The summed E-state index contributed by atoms with van der Waals surface area (Å²) in [5.41, 5.74) is 2.55. The summed E-state index contributed by atoms with van der Waals surface area (Å²) in [6.45, 7) is 5.55. The van der Waals surface area contributed by atoms with Gasteiger partial charge in [0.1, 0.15) is 5.60 Å². The lowest BCUT2D eigenvalue weighted by Gasteiger charge is -2.22. The Morgan fingerprint density at radius 2 is 1.76 bits per heavy atom. The second-order valence-electron chi connectivity index (χ2n) is 9.09. The van der Waals surface area contributed by atoms with Crippen LogP contribution >= 0.6 is 11.6 Å². The number of ether oxygens (including phenoxy) is 1. The average Bonchev–Trinajstić information content (AvgIpc) is 3.33. The number of rotatable bonds is 5. The Morgan fingerprint density at radius 3 is 2.52 bits per heavy atom. The highest BCUT2D eigenvalue weighted by atomic mass is 35.5. The van der Waals surface area contributed by atoms with Crippen LogP contribution < -0.4 is 15.8 Å². The van der Waals surface area contributed by atoms with Crippen LogP contribution in [0.4, 0.5) is 4.79 Å². The average molecular weight is 483 g/mol. The monoisotopic (exact) mass is 482 g/mol. The molecule has 0 aliphatic heterocycles. The van der Waals surface area contributed by atoms with E-state index < -0.39 is 17.7 Å². The summed E-state index contributed by atoms with van der Waals surface area (Å²) in [6, 6.07) is 11.1. The zero-order valence-electron chi connectivity index (χ0n) is 19.0. The zero-order chi connectivity index (χ0) is 23.8. The maximum Gasteiger partial charge on any atom is 0.407 e. The van der Waals surface area contributed by atoms with E-state index in [1.165, 1.54) is 5.19 Å². The Bertz CT molecular complexity index is 1340. The molecule has 0 spiro atoms. The SMILES string of the molecule is CC(C)(C)OC(=O)NCC(NC(=O)c1c[nH]c2ccc([SiH3])cc12)c1c[nH]c2ccc(Cl)cc12. The maximum absolute atomic E-state index is 13.3. The molecule has 0 aliphatic rings. The summed E-state index contributed by atoms with van der Waals surface area (Å²) in [7, 11) is 0.892. The molecule has 1 atom stereocenters. The summed E-state index contributed by atoms with van der Waals surface area (Å²) in [5.74, 6) is -0.235. The Hall–Kier alpha value is -3.23. The van der Waals surface area contributed by atoms with Crippen LogP contribution in [0.25, 0.3) is 21.8 Å². The van der Waals surface area contributed by atoms with Crippen LogP contribution in [0.15, 0.2) is 48.8 Å². The normalized spacial score (nSPS) is 12.7. The van der Waals surface area contributed by atoms with Crippen molar-refractivity contribution < 1.29 is 14.3 Å². The summed E-state index contributed by atoms with van der Waals surface area (Å²) >= 11 is 6.23. The Morgan fingerprint density at radius 1 is 1.06 bits per heavy atom. The molecule has 2 heterocycles. The lowest BCUT2D eigenvalue weighted by molar-refractivity contribution is 0.0520. The van der Waals surface area contributed by atoms with Gasteiger partial charge in [-0.15, -0.1) is 0 Å². The molecule has 2 aromatic heterocycles. The van der Waals surface area contributed by atoms with E-state index in [-0.39, 0.29) is 12.5 Å². The lowest BCUT2D eigenvalue weighted by Crippen LogP contribution is -2.40. The summed E-state index contributed by atoms with van der Waals surface area (Å²) < 4.78 is 5.37. The van der Waals surface area contributed by atoms with E-state index in [9.17, 15) is 9.59 Å². The number of H-pyrrole nitrogens is 2. The van der Waals surface area contributed by atoms with Crippen molar-refractivity contribution in [3.8, 4) is 0 Å². The highest BCUT2D eigenvalue weighted by Crippen LogP contribution is 2.27. The summed E-state index contributed by atoms with van der Waals surface area (Å²) in [5, 5.41) is 9.40. The van der Waals surface area contributed by atoms with E-state index in [0.29, 0.717) is 10.6 Å². The fraction of sp³-hybridized carbons (Fsp3) is 0.250. The molecule has 1 unspecified atom stereocenters. The first-order valence-electron chi connectivity index (χ1n) is 10.7. The second kappa shape index (κ2) is 8.96. The fourth-order valence-electron chi connectivity index (χ4n) is 3.80. The van der Waals surface area contributed by atoms with Gasteiger partial charge in [0.05, 0.1) is 11.6 Å². The zero-order valence-corrected chi connectivity index (χ0v) is 21.8. The van der Waals surface area contributed by atoms with Crippen LogP contribution in [-0.4, -0.2) is 44.4 Å². The fourth-order valence-corrected chi connectivity index (χ4v) is 4.43. The van der Waals surface area contributed by atoms with Gasteiger partial charge in [0.25, 0.3) is 5.91 Å². The first-order chi connectivity index (χ1) is 15.6. The minimum Gasteiger partial charge on any atom is -0.444 e. The molecule has 0 fully saturated rings. The third-order valence-electron chi connectivity index (χ3n) is 5.29. The van der Waals surface area contributed by atoms with Crippen LogP contribution in [0.5, 0.6) is 0 Å². The van der Waals surface area contributed by atoms with E-state index in [1.807, 2.05) is 30.5 Å². The first-order valence-corrected chi connectivity index (χ1v) is 12.1. The van der Waals surface area contributed by atoms with Gasteiger partial charge in [-0.05, 0) is 45.0 Å². The maximum atomic E-state index is 13.3. The molecule has 0 bridgehead atoms. The van der Waals surface area contributed by atoms with E-state index in [2.05, 4.69) is 26.7 Å². The molecule has 172 valence electrons. The number of fused-ring (bicyclic) bond motifs is 2. The smallest absolute Gasteiger partial charge is 0.407 e. The van der Waals surface area contributed by atoms with Crippen molar-refractivity contribution in [2.24, 2.45) is 0 Å². The number of amides is 2. The Kier molecular flexibility index (Phi) is 6.23. The molecule has 2 aromatic carbocycles. The van der Waals surface area contributed by atoms with Gasteiger partial charge in [0, 0.05) is 61.6 Å². The van der Waals surface area contributed by atoms with Gasteiger partial charge in [-0.3, -0.25) is 4.79 Å². The molecule has 0 radical (unpaired) electrons. The molecule has 9 heteroatoms. The van der Waals surface area contributed by atoms with Gasteiger partial charge in [-0.25, -0.2) is 4.79 Å². The minimum atomic E-state index is -0.623. The number of halogens is 1. The van der Waals surface area contributed by atoms with E-state index in [0.717, 1.165) is 37.6 Å². The predicted molar refractivity (Wildman–Crippen MR) is 136 cm³/mol. The molecule has 4 N–H and O–H groups in total. The van der Waals surface area contributed by atoms with Crippen LogP contribution in [0.2, 0.25) is 5.02 Å². The second-order valence-corrected chi connectivity index (χ2v) is 10.7. The highest BCUT2D eigenvalue weighted by Gasteiger charge is 2.23. The van der Waals surface area contributed by atoms with E-state index in [4.69, 9.17) is 16.3 Å². The number of carbonyl (C=O) groups excluding carboxylic acids is 2. The quantitative estimate of drug-likeness (QED) is 0.328. The predicted octanol–water partition coefficient (Wildman–Crippen LogP) is 3.29. The largest absolute Gasteiger partial charge is 0.444 e. The first kappa shape index (κ1) is 22.9. The minimum absolute atomic E-state index is 0.147. The number of alkyl carbamates (subject to hydrolysis) is 1. The molecule has 0 saturated carbocycles. The summed E-state index contributed by atoms with van der Waals surface area (Å²) in [4.78, 5) is 32.0. The molecule has 2 amide bonds. The number of hydrogen-bond donors (Lipinski definition) is 4. The lowest BCUT2D eigenvalue weighted by atomic mass is 10.0. The van der Waals surface area contributed by atoms with E-state index in [1.54, 1.807) is 33.0 Å². The number of benzene rings is 2. The van der Waals surface area contributed by atoms with Crippen molar-refractivity contribution in [3.05, 3.63) is 64.9 Å².